The summed E-state index contributed by atoms with van der Waals surface area (Å²) in [6.07, 6.45) is -2.17. The Morgan fingerprint density at radius 3 is 2.45 bits per heavy atom. The Morgan fingerprint density at radius 2 is 1.90 bits per heavy atom. The molecule has 29 heavy (non-hydrogen) atoms. The molecule has 0 aromatic heterocycles. The zero-order valence-electron chi connectivity index (χ0n) is 14.7. The number of rotatable bonds is 9. The average Bonchev–Trinajstić information content (AvgIpc) is 3.04. The predicted molar refractivity (Wildman–Crippen MR) is 104 cm³/mol. The molecule has 1 aromatic carbocycles. The molecular weight excluding hydrogens is 481 g/mol. The number of nitrogens with zero attached hydrogens (tertiary/aromatic N) is 3. The number of benzene rings is 1. The van der Waals surface area contributed by atoms with Crippen LogP contribution in [-0.4, -0.2) is 64.2 Å². The van der Waals surface area contributed by atoms with Gasteiger partial charge in [0, 0.05) is 34.0 Å². The van der Waals surface area contributed by atoms with Crippen LogP contribution in [0.3, 0.4) is 0 Å². The quantitative estimate of drug-likeness (QED) is 0.472. The maximum absolute atomic E-state index is 13.0. The lowest BCUT2D eigenvalue weighted by Crippen LogP contribution is -2.45. The van der Waals surface area contributed by atoms with E-state index in [1.165, 1.54) is 34.4 Å². The number of alkyl halides is 4. The van der Waals surface area contributed by atoms with Gasteiger partial charge in [-0.3, -0.25) is 5.01 Å². The lowest BCUT2D eigenvalue weighted by atomic mass is 10.1. The molecule has 162 valence electrons. The second-order valence-electron chi connectivity index (χ2n) is 5.91. The van der Waals surface area contributed by atoms with Gasteiger partial charge in [0.1, 0.15) is 6.67 Å². The molecule has 0 spiro atoms. The number of hydrogen-bond donors (Lipinski definition) is 1. The van der Waals surface area contributed by atoms with Gasteiger partial charge in [-0.25, -0.2) is 14.2 Å². The van der Waals surface area contributed by atoms with Crippen LogP contribution in [0.5, 0.6) is 0 Å². The van der Waals surface area contributed by atoms with Crippen LogP contribution >= 0.6 is 46.4 Å². The fourth-order valence-corrected chi connectivity index (χ4v) is 3.55. The van der Waals surface area contributed by atoms with Crippen LogP contribution in [0.1, 0.15) is 5.56 Å². The highest BCUT2D eigenvalue weighted by molar-refractivity contribution is 6.39. The largest absolute Gasteiger partial charge is 0.464 e. The van der Waals surface area contributed by atoms with Crippen molar-refractivity contribution in [3.63, 3.8) is 0 Å². The van der Waals surface area contributed by atoms with Crippen LogP contribution in [0.2, 0.25) is 15.1 Å². The SMILES string of the molecule is O=C(O)N(CCc1c(Cl)cc(Cl)cc1Cl)N1C=CN(CCOC(F)(F)C(F)Cl)C1. The Kier molecular flexibility index (Phi) is 8.42. The first-order valence-electron chi connectivity index (χ1n) is 8.14. The van der Waals surface area contributed by atoms with Crippen LogP contribution in [0.4, 0.5) is 18.0 Å². The number of hydrazine groups is 1. The second kappa shape index (κ2) is 10.2. The van der Waals surface area contributed by atoms with Gasteiger partial charge >= 0.3 is 12.2 Å². The Labute approximate surface area is 184 Å². The molecule has 1 aliphatic rings. The maximum Gasteiger partial charge on any atom is 0.426 e. The van der Waals surface area contributed by atoms with Crippen molar-refractivity contribution in [3.05, 3.63) is 45.2 Å². The molecule has 6 nitrogen and oxygen atoms in total. The van der Waals surface area contributed by atoms with E-state index in [1.807, 2.05) is 0 Å². The number of carbonyl (C=O) groups is 1. The summed E-state index contributed by atoms with van der Waals surface area (Å²) in [6, 6.07) is 3.01. The van der Waals surface area contributed by atoms with E-state index in [2.05, 4.69) is 4.74 Å². The third-order valence-electron chi connectivity index (χ3n) is 3.91. The summed E-state index contributed by atoms with van der Waals surface area (Å²) in [7, 11) is 0. The molecule has 13 heteroatoms. The smallest absolute Gasteiger partial charge is 0.426 e. The lowest BCUT2D eigenvalue weighted by Gasteiger charge is -2.31. The Bertz CT molecular complexity index is 747. The molecule has 1 aromatic rings. The summed E-state index contributed by atoms with van der Waals surface area (Å²) in [5, 5.41) is 12.9. The highest BCUT2D eigenvalue weighted by Crippen LogP contribution is 2.30. The normalized spacial score (nSPS) is 15.1. The van der Waals surface area contributed by atoms with Gasteiger partial charge in [0.05, 0.1) is 13.2 Å². The zero-order chi connectivity index (χ0) is 21.8. The van der Waals surface area contributed by atoms with Crippen LogP contribution in [-0.2, 0) is 11.2 Å². The monoisotopic (exact) mass is 495 g/mol. The van der Waals surface area contributed by atoms with Crippen LogP contribution in [0.25, 0.3) is 0 Å². The molecule has 1 unspecified atom stereocenters. The minimum absolute atomic E-state index is 0.0267. The highest BCUT2D eigenvalue weighted by Gasteiger charge is 2.40. The van der Waals surface area contributed by atoms with E-state index in [-0.39, 0.29) is 26.2 Å². The minimum atomic E-state index is -4.10. The van der Waals surface area contributed by atoms with Crippen molar-refractivity contribution in [1.29, 1.82) is 0 Å². The van der Waals surface area contributed by atoms with Crippen LogP contribution in [0.15, 0.2) is 24.5 Å². The molecule has 2 rings (SSSR count). The zero-order valence-corrected chi connectivity index (χ0v) is 17.7. The summed E-state index contributed by atoms with van der Waals surface area (Å²) >= 11 is 22.8. The number of hydrogen-bond acceptors (Lipinski definition) is 4. The van der Waals surface area contributed by atoms with Gasteiger partial charge in [-0.15, -0.1) is 0 Å². The van der Waals surface area contributed by atoms with Gasteiger partial charge in [-0.2, -0.15) is 8.78 Å². The number of amides is 1. The van der Waals surface area contributed by atoms with Crippen LogP contribution in [0, 0.1) is 0 Å². The van der Waals surface area contributed by atoms with Crippen molar-refractivity contribution in [2.45, 2.75) is 18.2 Å². The van der Waals surface area contributed by atoms with Gasteiger partial charge in [-0.05, 0) is 24.1 Å². The molecule has 0 saturated carbocycles. The van der Waals surface area contributed by atoms with Gasteiger partial charge in [0.15, 0.2) is 0 Å². The molecule has 0 bridgehead atoms. The molecule has 0 saturated heterocycles. The summed E-state index contributed by atoms with van der Waals surface area (Å²) in [4.78, 5) is 13.1. The first-order valence-corrected chi connectivity index (χ1v) is 9.71. The minimum Gasteiger partial charge on any atom is -0.464 e. The Hall–Kier alpha value is -1.26. The van der Waals surface area contributed by atoms with Crippen LogP contribution < -0.4 is 0 Å². The molecule has 0 radical (unpaired) electrons. The van der Waals surface area contributed by atoms with Crippen molar-refractivity contribution in [1.82, 2.24) is 14.9 Å². The van der Waals surface area contributed by atoms with Gasteiger partial charge in [-0.1, -0.05) is 46.4 Å². The second-order valence-corrected chi connectivity index (χ2v) is 7.54. The van der Waals surface area contributed by atoms with E-state index in [0.29, 0.717) is 20.6 Å². The predicted octanol–water partition coefficient (Wildman–Crippen LogP) is 5.27. The van der Waals surface area contributed by atoms with E-state index < -0.39 is 24.4 Å². The standard InChI is InChI=1S/C16H16Cl4F3N3O3/c17-10-7-12(18)11(13(19)8-10)1-2-26(15(27)28)25-4-3-24(9-25)5-6-29-16(22,23)14(20)21/h3-4,7-8,14H,1-2,5-6,9H2,(H,27,28). The lowest BCUT2D eigenvalue weighted by molar-refractivity contribution is -0.257. The third kappa shape index (κ3) is 6.62. The number of carboxylic acid groups (broad SMARTS) is 1. The van der Waals surface area contributed by atoms with Crippen molar-refractivity contribution < 1.29 is 27.8 Å². The van der Waals surface area contributed by atoms with E-state index >= 15 is 0 Å². The summed E-state index contributed by atoms with van der Waals surface area (Å²) < 4.78 is 42.6. The topological polar surface area (TPSA) is 56.2 Å². The highest BCUT2D eigenvalue weighted by atomic mass is 35.5. The maximum atomic E-state index is 13.0. The molecule has 1 aliphatic heterocycles. The van der Waals surface area contributed by atoms with E-state index in [4.69, 9.17) is 46.4 Å². The first kappa shape index (κ1) is 24.0. The van der Waals surface area contributed by atoms with Crippen molar-refractivity contribution in [2.75, 3.05) is 26.4 Å². The first-order chi connectivity index (χ1) is 13.5. The van der Waals surface area contributed by atoms with E-state index in [9.17, 15) is 23.1 Å². The number of ether oxygens (including phenoxy) is 1. The molecule has 0 fully saturated rings. The molecule has 1 amide bonds. The fourth-order valence-electron chi connectivity index (χ4n) is 2.48. The summed E-state index contributed by atoms with van der Waals surface area (Å²) in [5.74, 6) is 0. The van der Waals surface area contributed by atoms with E-state index in [1.54, 1.807) is 0 Å². The fraction of sp³-hybridized carbons (Fsp3) is 0.438. The average molecular weight is 497 g/mol. The van der Waals surface area contributed by atoms with Gasteiger partial charge < -0.3 is 14.7 Å². The molecule has 1 N–H and O–H groups in total. The summed E-state index contributed by atoms with van der Waals surface area (Å²) in [5.41, 5.74) is -2.41. The molecule has 1 atom stereocenters. The Balaban J connectivity index is 1.91. The van der Waals surface area contributed by atoms with Gasteiger partial charge in [0.2, 0.25) is 0 Å². The molecule has 0 aliphatic carbocycles. The third-order valence-corrected chi connectivity index (χ3v) is 5.06. The summed E-state index contributed by atoms with van der Waals surface area (Å²) in [6.45, 7) is -0.460. The Morgan fingerprint density at radius 1 is 1.28 bits per heavy atom. The van der Waals surface area contributed by atoms with E-state index in [0.717, 1.165) is 5.01 Å². The number of halogens is 7. The van der Waals surface area contributed by atoms with Crippen molar-refractivity contribution in [2.24, 2.45) is 0 Å². The van der Waals surface area contributed by atoms with Gasteiger partial charge in [0.25, 0.3) is 5.63 Å². The molecule has 1 heterocycles. The van der Waals surface area contributed by atoms with Crippen molar-refractivity contribution in [3.8, 4) is 0 Å². The van der Waals surface area contributed by atoms with Crippen molar-refractivity contribution >= 4 is 52.5 Å². The molecular formula is C16H16Cl4F3N3O3.